The predicted octanol–water partition coefficient (Wildman–Crippen LogP) is 3.98. The molecule has 1 heterocycles. The molecular weight excluding hydrogens is 418 g/mol. The molecule has 0 bridgehead atoms. The van der Waals surface area contributed by atoms with Crippen LogP contribution in [0.3, 0.4) is 0 Å². The molecule has 160 valence electrons. The monoisotopic (exact) mass is 439 g/mol. The molecule has 1 saturated carbocycles. The Kier molecular flexibility index (Phi) is 6.23. The Morgan fingerprint density at radius 3 is 2.55 bits per heavy atom. The van der Waals surface area contributed by atoms with Crippen LogP contribution in [-0.4, -0.2) is 26.7 Å². The zero-order valence-electron chi connectivity index (χ0n) is 16.8. The van der Waals surface area contributed by atoms with Gasteiger partial charge >= 0.3 is 5.97 Å². The molecule has 0 atom stereocenters. The molecule has 1 aliphatic carbocycles. The molecule has 0 spiro atoms. The highest BCUT2D eigenvalue weighted by Crippen LogP contribution is 2.33. The maximum Gasteiger partial charge on any atom is 0.326 e. The summed E-state index contributed by atoms with van der Waals surface area (Å²) in [6.45, 7) is -0.275. The fourth-order valence-electron chi connectivity index (χ4n) is 3.37. The number of nitrogens with zero attached hydrogens (tertiary/aromatic N) is 2. The minimum absolute atomic E-state index is 0.0128. The zero-order valence-corrected chi connectivity index (χ0v) is 17.5. The van der Waals surface area contributed by atoms with Gasteiger partial charge < -0.3 is 15.2 Å². The van der Waals surface area contributed by atoms with Gasteiger partial charge in [0.1, 0.15) is 18.9 Å². The summed E-state index contributed by atoms with van der Waals surface area (Å²) in [5, 5.41) is 13.4. The number of nitrogens with one attached hydrogen (secondary N) is 1. The topological polar surface area (TPSA) is 93.5 Å². The van der Waals surface area contributed by atoms with Crippen molar-refractivity contribution in [3.8, 4) is 17.0 Å². The Hall–Kier alpha value is -3.32. The predicted molar refractivity (Wildman–Crippen MR) is 118 cm³/mol. The van der Waals surface area contributed by atoms with E-state index in [2.05, 4.69) is 10.3 Å². The fourth-order valence-corrected chi connectivity index (χ4v) is 3.66. The summed E-state index contributed by atoms with van der Waals surface area (Å²) >= 11 is 6.44. The minimum Gasteiger partial charge on any atom is -0.507 e. The summed E-state index contributed by atoms with van der Waals surface area (Å²) in [6.07, 6.45) is 2.97. The fraction of sp³-hybridized carbons (Fsp3) is 0.261. The van der Waals surface area contributed by atoms with Gasteiger partial charge in [0.25, 0.3) is 5.56 Å². The van der Waals surface area contributed by atoms with Gasteiger partial charge in [-0.15, -0.1) is 0 Å². The van der Waals surface area contributed by atoms with E-state index in [0.29, 0.717) is 5.56 Å². The summed E-state index contributed by atoms with van der Waals surface area (Å²) < 4.78 is 6.56. The quantitative estimate of drug-likeness (QED) is 0.541. The van der Waals surface area contributed by atoms with Gasteiger partial charge in [0.15, 0.2) is 11.0 Å². The highest BCUT2D eigenvalue weighted by Gasteiger charge is 2.24. The standard InChI is InChI=1S/C23H22ClN3O4/c24-21-20(17-11-4-5-12-18(17)28)27(23(30)22(26-21)25-16-9-6-10-16)13-19(29)31-14-15-7-2-1-3-8-15/h1-5,7-8,11-12,16,28H,6,9-10,13-14H2,(H,25,26). The number of para-hydroxylation sites is 1. The molecule has 7 nitrogen and oxygen atoms in total. The van der Waals surface area contributed by atoms with Crippen LogP contribution in [0.2, 0.25) is 5.15 Å². The molecule has 31 heavy (non-hydrogen) atoms. The Morgan fingerprint density at radius 1 is 1.16 bits per heavy atom. The lowest BCUT2D eigenvalue weighted by atomic mass is 9.93. The van der Waals surface area contributed by atoms with Crippen molar-refractivity contribution in [2.75, 3.05) is 5.32 Å². The third-order valence-corrected chi connectivity index (χ3v) is 5.52. The van der Waals surface area contributed by atoms with Gasteiger partial charge in [-0.25, -0.2) is 4.98 Å². The lowest BCUT2D eigenvalue weighted by Gasteiger charge is -2.27. The number of aromatic hydroxyl groups is 1. The number of hydrogen-bond acceptors (Lipinski definition) is 6. The van der Waals surface area contributed by atoms with Crippen LogP contribution in [0, 0.1) is 0 Å². The van der Waals surface area contributed by atoms with Crippen molar-refractivity contribution >= 4 is 23.4 Å². The second-order valence-corrected chi connectivity index (χ2v) is 7.78. The number of ether oxygens (including phenoxy) is 1. The maximum atomic E-state index is 13.2. The molecule has 2 aromatic carbocycles. The Bertz CT molecular complexity index is 1140. The van der Waals surface area contributed by atoms with E-state index in [9.17, 15) is 14.7 Å². The van der Waals surface area contributed by atoms with Crippen LogP contribution < -0.4 is 10.9 Å². The van der Waals surface area contributed by atoms with Crippen molar-refractivity contribution in [1.29, 1.82) is 0 Å². The third-order valence-electron chi connectivity index (χ3n) is 5.26. The molecule has 1 fully saturated rings. The number of aromatic nitrogens is 2. The van der Waals surface area contributed by atoms with Crippen LogP contribution in [-0.2, 0) is 22.7 Å². The van der Waals surface area contributed by atoms with Gasteiger partial charge in [0.05, 0.1) is 5.69 Å². The van der Waals surface area contributed by atoms with E-state index in [1.807, 2.05) is 30.3 Å². The number of benzene rings is 2. The Labute approximate surface area is 184 Å². The third kappa shape index (κ3) is 4.72. The molecule has 0 saturated heterocycles. The summed E-state index contributed by atoms with van der Waals surface area (Å²) in [5.41, 5.74) is 0.819. The van der Waals surface area contributed by atoms with E-state index in [1.54, 1.807) is 18.2 Å². The molecule has 0 aliphatic heterocycles. The van der Waals surface area contributed by atoms with E-state index < -0.39 is 11.5 Å². The first-order valence-electron chi connectivity index (χ1n) is 10.1. The molecule has 2 N–H and O–H groups in total. The first-order chi connectivity index (χ1) is 15.0. The van der Waals surface area contributed by atoms with Crippen LogP contribution in [0.4, 0.5) is 5.82 Å². The molecule has 1 aliphatic rings. The van der Waals surface area contributed by atoms with Gasteiger partial charge in [-0.3, -0.25) is 14.2 Å². The zero-order chi connectivity index (χ0) is 21.8. The number of esters is 1. The highest BCUT2D eigenvalue weighted by atomic mass is 35.5. The normalized spacial score (nSPS) is 13.5. The van der Waals surface area contributed by atoms with E-state index in [-0.39, 0.29) is 41.6 Å². The van der Waals surface area contributed by atoms with E-state index in [1.165, 1.54) is 10.6 Å². The number of halogens is 1. The van der Waals surface area contributed by atoms with Crippen molar-refractivity contribution < 1.29 is 14.6 Å². The van der Waals surface area contributed by atoms with Crippen molar-refractivity contribution in [1.82, 2.24) is 9.55 Å². The molecule has 1 aromatic heterocycles. The number of carbonyl (C=O) groups excluding carboxylic acids is 1. The van der Waals surface area contributed by atoms with E-state index in [4.69, 9.17) is 16.3 Å². The number of phenolic OH excluding ortho intramolecular Hbond substituents is 1. The second kappa shape index (κ2) is 9.22. The first-order valence-corrected chi connectivity index (χ1v) is 10.5. The summed E-state index contributed by atoms with van der Waals surface area (Å²) in [7, 11) is 0. The van der Waals surface area contributed by atoms with Gasteiger partial charge in [-0.2, -0.15) is 0 Å². The molecule has 8 heteroatoms. The number of rotatable bonds is 7. The number of hydrogen-bond donors (Lipinski definition) is 2. The molecule has 4 rings (SSSR count). The lowest BCUT2D eigenvalue weighted by molar-refractivity contribution is -0.145. The van der Waals surface area contributed by atoms with Crippen LogP contribution >= 0.6 is 11.6 Å². The molecule has 0 unspecified atom stereocenters. The highest BCUT2D eigenvalue weighted by molar-refractivity contribution is 6.32. The molecule has 0 amide bonds. The Morgan fingerprint density at radius 2 is 1.87 bits per heavy atom. The maximum absolute atomic E-state index is 13.2. The second-order valence-electron chi connectivity index (χ2n) is 7.43. The van der Waals surface area contributed by atoms with Gasteiger partial charge in [-0.1, -0.05) is 54.1 Å². The summed E-state index contributed by atoms with van der Waals surface area (Å²) in [4.78, 5) is 30.0. The SMILES string of the molecule is O=C(Cn1c(-c2ccccc2O)c(Cl)nc(NC2CCC2)c1=O)OCc1ccccc1. The van der Waals surface area contributed by atoms with Crippen LogP contribution in [0.15, 0.2) is 59.4 Å². The molecule has 0 radical (unpaired) electrons. The van der Waals surface area contributed by atoms with Crippen LogP contribution in [0.1, 0.15) is 24.8 Å². The van der Waals surface area contributed by atoms with Crippen molar-refractivity contribution in [3.63, 3.8) is 0 Å². The van der Waals surface area contributed by atoms with Gasteiger partial charge in [-0.05, 0) is 37.0 Å². The number of anilines is 1. The van der Waals surface area contributed by atoms with Crippen LogP contribution in [0.5, 0.6) is 5.75 Å². The summed E-state index contributed by atoms with van der Waals surface area (Å²) in [6, 6.07) is 15.9. The lowest BCUT2D eigenvalue weighted by Crippen LogP contribution is -2.35. The smallest absolute Gasteiger partial charge is 0.326 e. The molecular formula is C23H22ClN3O4. The average Bonchev–Trinajstić information content (AvgIpc) is 2.74. The largest absolute Gasteiger partial charge is 0.507 e. The van der Waals surface area contributed by atoms with Gasteiger partial charge in [0.2, 0.25) is 0 Å². The van der Waals surface area contributed by atoms with Crippen LogP contribution in [0.25, 0.3) is 11.3 Å². The number of phenols is 1. The average molecular weight is 440 g/mol. The van der Waals surface area contributed by atoms with Crippen molar-refractivity contribution in [2.24, 2.45) is 0 Å². The van der Waals surface area contributed by atoms with Crippen molar-refractivity contribution in [2.45, 2.75) is 38.5 Å². The minimum atomic E-state index is -0.598. The van der Waals surface area contributed by atoms with Gasteiger partial charge in [0, 0.05) is 11.6 Å². The van der Waals surface area contributed by atoms with E-state index in [0.717, 1.165) is 24.8 Å². The first kappa shape index (κ1) is 20.9. The van der Waals surface area contributed by atoms with Crippen molar-refractivity contribution in [3.05, 3.63) is 75.7 Å². The van der Waals surface area contributed by atoms with E-state index >= 15 is 0 Å². The number of carbonyl (C=O) groups is 1. The Balaban J connectivity index is 1.67. The molecule has 3 aromatic rings. The summed E-state index contributed by atoms with van der Waals surface area (Å²) in [5.74, 6) is -0.582.